The molecule has 2 N–H and O–H groups in total. The van der Waals surface area contributed by atoms with E-state index in [9.17, 15) is 8.42 Å². The Kier molecular flexibility index (Phi) is 4.20. The van der Waals surface area contributed by atoms with Crippen LogP contribution in [0.2, 0.25) is 0 Å². The molecule has 1 aliphatic rings. The normalized spacial score (nSPS) is 16.7. The number of aromatic nitrogens is 2. The summed E-state index contributed by atoms with van der Waals surface area (Å²) >= 11 is 1.36. The maximum absolute atomic E-state index is 11.6. The molecule has 0 radical (unpaired) electrons. The molecule has 1 saturated heterocycles. The van der Waals surface area contributed by atoms with E-state index < -0.39 is 9.84 Å². The van der Waals surface area contributed by atoms with Gasteiger partial charge in [-0.1, -0.05) is 6.07 Å². The summed E-state index contributed by atoms with van der Waals surface area (Å²) in [4.78, 5) is 6.65. The Morgan fingerprint density at radius 2 is 1.96 bits per heavy atom. The summed E-state index contributed by atoms with van der Waals surface area (Å²) in [6.07, 6.45) is 1.80. The second-order valence-electron chi connectivity index (χ2n) is 6.18. The molecule has 7 nitrogen and oxygen atoms in total. The highest BCUT2D eigenvalue weighted by Crippen LogP contribution is 2.34. The number of fused-ring (bicyclic) bond motifs is 1. The van der Waals surface area contributed by atoms with Crippen LogP contribution in [0.1, 0.15) is 0 Å². The first-order chi connectivity index (χ1) is 12.5. The van der Waals surface area contributed by atoms with Gasteiger partial charge in [-0.25, -0.2) is 8.42 Å². The van der Waals surface area contributed by atoms with Gasteiger partial charge in [0, 0.05) is 24.8 Å². The number of nitrogens with two attached hydrogens (primary N) is 1. The minimum atomic E-state index is -2.91. The van der Waals surface area contributed by atoms with Crippen molar-refractivity contribution in [2.45, 2.75) is 0 Å². The lowest BCUT2D eigenvalue weighted by molar-refractivity contribution is 0.417. The fraction of sp³-hybridized carbons (Fsp3) is 0.294. The van der Waals surface area contributed by atoms with Gasteiger partial charge in [0.05, 0.1) is 24.3 Å². The number of hydrogen-bond donors (Lipinski definition) is 1. The van der Waals surface area contributed by atoms with Gasteiger partial charge >= 0.3 is 0 Å². The van der Waals surface area contributed by atoms with Gasteiger partial charge in [0.15, 0.2) is 9.84 Å². The predicted octanol–water partition coefficient (Wildman–Crippen LogP) is 2.18. The largest absolute Gasteiger partial charge is 0.495 e. The Bertz CT molecular complexity index is 1060. The Morgan fingerprint density at radius 3 is 2.69 bits per heavy atom. The lowest BCUT2D eigenvalue weighted by Crippen LogP contribution is -2.39. The molecule has 0 aliphatic carbocycles. The van der Waals surface area contributed by atoms with E-state index in [0.29, 0.717) is 24.5 Å². The third-order valence-corrected chi connectivity index (χ3v) is 7.02. The van der Waals surface area contributed by atoms with E-state index >= 15 is 0 Å². The van der Waals surface area contributed by atoms with Crippen molar-refractivity contribution in [3.05, 3.63) is 30.5 Å². The minimum absolute atomic E-state index is 0.176. The van der Waals surface area contributed by atoms with Gasteiger partial charge in [-0.2, -0.15) is 4.37 Å². The van der Waals surface area contributed by atoms with Gasteiger partial charge in [-0.3, -0.25) is 4.98 Å². The van der Waals surface area contributed by atoms with Crippen LogP contribution in [0.15, 0.2) is 30.5 Å². The molecule has 3 aromatic rings. The van der Waals surface area contributed by atoms with Gasteiger partial charge in [-0.15, -0.1) is 0 Å². The third-order valence-electron chi connectivity index (χ3n) is 4.50. The molecular weight excluding hydrogens is 372 g/mol. The third kappa shape index (κ3) is 3.08. The summed E-state index contributed by atoms with van der Waals surface area (Å²) in [6, 6.07) is 7.58. The molecule has 9 heteroatoms. The number of nitrogens with zero attached hydrogens (tertiary/aromatic N) is 3. The van der Waals surface area contributed by atoms with E-state index in [1.54, 1.807) is 19.4 Å². The number of nitrogen functional groups attached to an aromatic ring is 1. The minimum Gasteiger partial charge on any atom is -0.495 e. The van der Waals surface area contributed by atoms with Crippen LogP contribution in [0.3, 0.4) is 0 Å². The molecule has 0 saturated carbocycles. The summed E-state index contributed by atoms with van der Waals surface area (Å²) in [5.41, 5.74) is 9.94. The molecule has 1 aromatic carbocycles. The van der Waals surface area contributed by atoms with Crippen molar-refractivity contribution in [3.63, 3.8) is 0 Å². The molecule has 0 spiro atoms. The van der Waals surface area contributed by atoms with E-state index in [1.165, 1.54) is 11.5 Å². The highest BCUT2D eigenvalue weighted by atomic mass is 32.2. The quantitative estimate of drug-likeness (QED) is 0.684. The summed E-state index contributed by atoms with van der Waals surface area (Å²) in [5, 5.41) is 0.927. The van der Waals surface area contributed by atoms with Crippen molar-refractivity contribution in [2.75, 3.05) is 42.3 Å². The van der Waals surface area contributed by atoms with E-state index in [1.807, 2.05) is 18.2 Å². The van der Waals surface area contributed by atoms with Crippen LogP contribution in [0, 0.1) is 0 Å². The van der Waals surface area contributed by atoms with Crippen molar-refractivity contribution in [1.29, 1.82) is 0 Å². The second-order valence-corrected chi connectivity index (χ2v) is 9.23. The van der Waals surface area contributed by atoms with E-state index in [0.717, 1.165) is 27.2 Å². The molecule has 136 valence electrons. The number of rotatable bonds is 3. The van der Waals surface area contributed by atoms with Crippen LogP contribution < -0.4 is 15.4 Å². The molecule has 1 aliphatic heterocycles. The Labute approximate surface area is 155 Å². The molecule has 0 atom stereocenters. The fourth-order valence-corrected chi connectivity index (χ4v) is 5.06. The molecule has 0 unspecified atom stereocenters. The summed E-state index contributed by atoms with van der Waals surface area (Å²) in [6.45, 7) is 0.969. The molecule has 3 heterocycles. The average Bonchev–Trinajstić information content (AvgIpc) is 3.05. The van der Waals surface area contributed by atoms with Crippen LogP contribution in [0.4, 0.5) is 10.7 Å². The SMILES string of the molecule is COc1cc(-c2cnc3c(N4CCS(=O)(=O)CC4)snc3c2)ccc1N. The summed E-state index contributed by atoms with van der Waals surface area (Å²) in [5.74, 6) is 0.974. The van der Waals surface area contributed by atoms with Crippen molar-refractivity contribution in [2.24, 2.45) is 0 Å². The molecular formula is C17H18N4O3S2. The van der Waals surface area contributed by atoms with Crippen LogP contribution >= 0.6 is 11.5 Å². The molecule has 26 heavy (non-hydrogen) atoms. The zero-order valence-corrected chi connectivity index (χ0v) is 15.8. The first-order valence-corrected chi connectivity index (χ1v) is 10.7. The van der Waals surface area contributed by atoms with Gasteiger partial charge in [0.1, 0.15) is 21.8 Å². The molecule has 4 rings (SSSR count). The number of benzene rings is 1. The fourth-order valence-electron chi connectivity index (χ4n) is 2.99. The van der Waals surface area contributed by atoms with Gasteiger partial charge in [0.25, 0.3) is 0 Å². The number of anilines is 2. The standard InChI is InChI=1S/C17H18N4O3S2/c1-24-15-9-11(2-3-13(15)18)12-8-14-16(19-10-12)17(25-20-14)21-4-6-26(22,23)7-5-21/h2-3,8-10H,4-7,18H2,1H3. The number of ether oxygens (including phenoxy) is 1. The van der Waals surface area contributed by atoms with Crippen LogP contribution in [0.25, 0.3) is 22.2 Å². The monoisotopic (exact) mass is 390 g/mol. The maximum Gasteiger partial charge on any atom is 0.153 e. The van der Waals surface area contributed by atoms with Crippen molar-refractivity contribution >= 4 is 43.1 Å². The highest BCUT2D eigenvalue weighted by molar-refractivity contribution is 7.91. The second kappa shape index (κ2) is 6.40. The summed E-state index contributed by atoms with van der Waals surface area (Å²) < 4.78 is 33.1. The van der Waals surface area contributed by atoms with Gasteiger partial charge in [0.2, 0.25) is 0 Å². The Hall–Kier alpha value is -2.39. The smallest absolute Gasteiger partial charge is 0.153 e. The first kappa shape index (κ1) is 17.0. The van der Waals surface area contributed by atoms with Crippen LogP contribution in [-0.4, -0.2) is 49.5 Å². The average molecular weight is 390 g/mol. The topological polar surface area (TPSA) is 98.4 Å². The predicted molar refractivity (Wildman–Crippen MR) is 105 cm³/mol. The number of hydrogen-bond acceptors (Lipinski definition) is 8. The van der Waals surface area contributed by atoms with Gasteiger partial charge < -0.3 is 15.4 Å². The van der Waals surface area contributed by atoms with Crippen molar-refractivity contribution < 1.29 is 13.2 Å². The van der Waals surface area contributed by atoms with E-state index in [2.05, 4.69) is 14.3 Å². The first-order valence-electron chi connectivity index (χ1n) is 8.11. The molecule has 0 amide bonds. The number of methoxy groups -OCH3 is 1. The molecule has 0 bridgehead atoms. The van der Waals surface area contributed by atoms with Crippen molar-refractivity contribution in [1.82, 2.24) is 9.36 Å². The number of sulfone groups is 1. The highest BCUT2D eigenvalue weighted by Gasteiger charge is 2.24. The van der Waals surface area contributed by atoms with E-state index in [-0.39, 0.29) is 11.5 Å². The Balaban J connectivity index is 1.68. The van der Waals surface area contributed by atoms with Crippen molar-refractivity contribution in [3.8, 4) is 16.9 Å². The Morgan fingerprint density at radius 1 is 1.19 bits per heavy atom. The van der Waals surface area contributed by atoms with E-state index in [4.69, 9.17) is 10.5 Å². The number of pyridine rings is 1. The lowest BCUT2D eigenvalue weighted by atomic mass is 10.1. The van der Waals surface area contributed by atoms with Crippen LogP contribution in [-0.2, 0) is 9.84 Å². The van der Waals surface area contributed by atoms with Gasteiger partial charge in [-0.05, 0) is 35.3 Å². The van der Waals surface area contributed by atoms with Crippen LogP contribution in [0.5, 0.6) is 5.75 Å². The molecule has 1 fully saturated rings. The lowest BCUT2D eigenvalue weighted by Gasteiger charge is -2.26. The zero-order valence-electron chi connectivity index (χ0n) is 14.2. The zero-order chi connectivity index (χ0) is 18.3. The summed E-state index contributed by atoms with van der Waals surface area (Å²) in [7, 11) is -1.33. The molecule has 2 aromatic heterocycles. The maximum atomic E-state index is 11.6.